The maximum absolute atomic E-state index is 13.4. The molecule has 2 atom stereocenters. The Balaban J connectivity index is 2.54. The number of ketones is 2. The van der Waals surface area contributed by atoms with Crippen LogP contribution in [-0.2, 0) is 43.0 Å². The Kier molecular flexibility index (Phi) is 20.6. The molecule has 0 radical (unpaired) electrons. The van der Waals surface area contributed by atoms with E-state index in [2.05, 4.69) is 33.5 Å². The molecule has 0 aromatic carbocycles. The van der Waals surface area contributed by atoms with Gasteiger partial charge >= 0.3 is 11.9 Å². The number of rotatable bonds is 27. The van der Waals surface area contributed by atoms with Crippen LogP contribution < -0.4 is 32.3 Å². The number of nitrogens with two attached hydrogens (primary N) is 1. The Morgan fingerprint density at radius 3 is 2.00 bits per heavy atom. The molecule has 0 aliphatic heterocycles. The monoisotopic (exact) mass is 728 g/mol. The quantitative estimate of drug-likeness (QED) is 0.0404. The van der Waals surface area contributed by atoms with Crippen LogP contribution in [0, 0.1) is 11.8 Å². The topological polar surface area (TPSA) is 265 Å². The first kappa shape index (κ1) is 45.5. The third-order valence-electron chi connectivity index (χ3n) is 9.09. The third-order valence-corrected chi connectivity index (χ3v) is 9.09. The maximum Gasteiger partial charge on any atom is 0.326 e. The molecule has 3 amide bonds. The predicted octanol–water partition coefficient (Wildman–Crippen LogP) is -0.158. The summed E-state index contributed by atoms with van der Waals surface area (Å²) in [5.41, 5.74) is 3.06. The highest BCUT2D eigenvalue weighted by molar-refractivity contribution is 5.95. The lowest BCUT2D eigenvalue weighted by molar-refractivity contribution is -0.143. The molecule has 0 aromatic rings. The number of carboxylic acids is 2. The summed E-state index contributed by atoms with van der Waals surface area (Å²) in [5, 5.41) is 32.3. The van der Waals surface area contributed by atoms with Crippen molar-refractivity contribution in [1.29, 1.82) is 0 Å². The van der Waals surface area contributed by atoms with Crippen LogP contribution in [-0.4, -0.2) is 121 Å². The van der Waals surface area contributed by atoms with Crippen molar-refractivity contribution in [2.24, 2.45) is 17.6 Å². The third kappa shape index (κ3) is 18.0. The Bertz CT molecular complexity index is 1170. The van der Waals surface area contributed by atoms with Gasteiger partial charge in [0, 0.05) is 25.3 Å². The van der Waals surface area contributed by atoms with Crippen molar-refractivity contribution < 1.29 is 53.2 Å². The van der Waals surface area contributed by atoms with Gasteiger partial charge in [0.2, 0.25) is 17.7 Å². The fourth-order valence-electron chi connectivity index (χ4n) is 5.56. The molecule has 1 rings (SSSR count). The molecule has 0 bridgehead atoms. The van der Waals surface area contributed by atoms with Gasteiger partial charge < -0.3 is 46.7 Å². The average Bonchev–Trinajstić information content (AvgIpc) is 3.08. The lowest BCUT2D eigenvalue weighted by Gasteiger charge is -2.30. The summed E-state index contributed by atoms with van der Waals surface area (Å²) in [6.45, 7) is 8.93. The van der Waals surface area contributed by atoms with Crippen LogP contribution in [0.25, 0.3) is 0 Å². The van der Waals surface area contributed by atoms with Gasteiger partial charge in [0.15, 0.2) is 11.6 Å². The van der Waals surface area contributed by atoms with Gasteiger partial charge in [-0.3, -0.25) is 34.1 Å². The number of hydrogen-bond donors (Lipinski definition) is 8. The summed E-state index contributed by atoms with van der Waals surface area (Å²) < 4.78 is 10.9. The van der Waals surface area contributed by atoms with Gasteiger partial charge in [-0.15, -0.1) is 0 Å². The van der Waals surface area contributed by atoms with Crippen LogP contribution in [0.3, 0.4) is 0 Å². The number of ether oxygens (including phenoxy) is 2. The van der Waals surface area contributed by atoms with Gasteiger partial charge in [-0.05, 0) is 72.1 Å². The van der Waals surface area contributed by atoms with Crippen LogP contribution in [0.15, 0.2) is 0 Å². The average molecular weight is 729 g/mol. The molecule has 0 aromatic heterocycles. The second-order valence-electron chi connectivity index (χ2n) is 13.9. The standard InChI is InChI=1S/C34H60N6O11/c1-6-22-7-9-23(10-8-22)31(47)40-25(32(48)49)11-13-27(42)39-24(12-14-29(44)45)30(46)34(4,5)37-15-16-50-17-18-51-20-26(41)33(2,3)38-19-28(43)36-21-35/h22-25,37-38H,6-21,35H2,1-5H3,(H,36,43)(H,39,42)(H,40,47)(H,44,45)(H,48,49). The molecule has 9 N–H and O–H groups in total. The van der Waals surface area contributed by atoms with E-state index >= 15 is 0 Å². The number of carbonyl (C=O) groups is 7. The Labute approximate surface area is 300 Å². The van der Waals surface area contributed by atoms with Crippen molar-refractivity contribution in [3.63, 3.8) is 0 Å². The van der Waals surface area contributed by atoms with Crippen molar-refractivity contribution in [3.05, 3.63) is 0 Å². The Morgan fingerprint density at radius 1 is 0.784 bits per heavy atom. The smallest absolute Gasteiger partial charge is 0.326 e. The summed E-state index contributed by atoms with van der Waals surface area (Å²) in [5.74, 6) is -4.17. The molecule has 1 saturated carbocycles. The van der Waals surface area contributed by atoms with Crippen molar-refractivity contribution in [3.8, 4) is 0 Å². The van der Waals surface area contributed by atoms with Gasteiger partial charge in [0.25, 0.3) is 0 Å². The number of amides is 3. The van der Waals surface area contributed by atoms with Gasteiger partial charge in [-0.25, -0.2) is 4.79 Å². The molecule has 17 heteroatoms. The fourth-order valence-corrected chi connectivity index (χ4v) is 5.56. The number of nitrogens with one attached hydrogen (secondary N) is 5. The van der Waals surface area contributed by atoms with Gasteiger partial charge in [0.05, 0.1) is 50.2 Å². The lowest BCUT2D eigenvalue weighted by atomic mass is 9.80. The van der Waals surface area contributed by atoms with Crippen LogP contribution >= 0.6 is 0 Å². The van der Waals surface area contributed by atoms with E-state index in [0.717, 1.165) is 19.3 Å². The predicted molar refractivity (Wildman–Crippen MR) is 186 cm³/mol. The normalized spacial score (nSPS) is 17.5. The van der Waals surface area contributed by atoms with Crippen molar-refractivity contribution >= 4 is 41.2 Å². The van der Waals surface area contributed by atoms with E-state index in [0.29, 0.717) is 18.8 Å². The second-order valence-corrected chi connectivity index (χ2v) is 13.9. The second kappa shape index (κ2) is 23.1. The molecule has 0 heterocycles. The molecule has 17 nitrogen and oxygen atoms in total. The van der Waals surface area contributed by atoms with E-state index in [-0.39, 0.29) is 95.4 Å². The van der Waals surface area contributed by atoms with E-state index in [1.54, 1.807) is 27.7 Å². The van der Waals surface area contributed by atoms with E-state index in [1.165, 1.54) is 0 Å². The first-order valence-electron chi connectivity index (χ1n) is 17.7. The molecule has 292 valence electrons. The number of aliphatic carboxylic acids is 2. The Morgan fingerprint density at radius 2 is 1.41 bits per heavy atom. The zero-order valence-corrected chi connectivity index (χ0v) is 30.8. The lowest BCUT2D eigenvalue weighted by Crippen LogP contribution is -2.56. The van der Waals surface area contributed by atoms with Crippen LogP contribution in [0.1, 0.15) is 92.4 Å². The molecule has 0 saturated heterocycles. The number of hydrogen-bond acceptors (Lipinski definition) is 12. The first-order valence-corrected chi connectivity index (χ1v) is 17.7. The first-order chi connectivity index (χ1) is 23.9. The van der Waals surface area contributed by atoms with Gasteiger partial charge in [0.1, 0.15) is 12.6 Å². The van der Waals surface area contributed by atoms with Crippen LogP contribution in [0.4, 0.5) is 0 Å². The van der Waals surface area contributed by atoms with Gasteiger partial charge in [-0.2, -0.15) is 0 Å². The highest BCUT2D eigenvalue weighted by Crippen LogP contribution is 2.30. The minimum atomic E-state index is -1.28. The van der Waals surface area contributed by atoms with Gasteiger partial charge in [-0.1, -0.05) is 13.3 Å². The molecular weight excluding hydrogens is 668 g/mol. The number of carboxylic acid groups (broad SMARTS) is 2. The SMILES string of the molecule is CCC1CCC(C(=O)NC(CCC(=O)NC(CCC(=O)O)C(=O)C(C)(C)NCCOCCOCC(=O)C(C)(C)NCC(=O)NCN)C(=O)O)CC1. The maximum atomic E-state index is 13.4. The minimum absolute atomic E-state index is 0.00550. The number of Topliss-reactive ketones (excluding diaryl/α,β-unsaturated/α-hetero) is 2. The molecule has 0 spiro atoms. The highest BCUT2D eigenvalue weighted by Gasteiger charge is 2.35. The zero-order chi connectivity index (χ0) is 38.6. The molecule has 1 aliphatic carbocycles. The summed E-state index contributed by atoms with van der Waals surface area (Å²) in [6.07, 6.45) is 3.19. The van der Waals surface area contributed by atoms with E-state index in [1.807, 2.05) is 0 Å². The Hall–Kier alpha value is -3.51. The number of carbonyl (C=O) groups excluding carboxylic acids is 5. The van der Waals surface area contributed by atoms with Crippen molar-refractivity contribution in [2.45, 2.75) is 116 Å². The largest absolute Gasteiger partial charge is 0.481 e. The summed E-state index contributed by atoms with van der Waals surface area (Å²) in [7, 11) is 0. The molecule has 2 unspecified atom stereocenters. The van der Waals surface area contributed by atoms with E-state index in [4.69, 9.17) is 15.2 Å². The highest BCUT2D eigenvalue weighted by atomic mass is 16.5. The molecule has 1 fully saturated rings. The summed E-state index contributed by atoms with van der Waals surface area (Å²) in [6, 6.07) is -2.45. The van der Waals surface area contributed by atoms with Crippen LogP contribution in [0.2, 0.25) is 0 Å². The van der Waals surface area contributed by atoms with Crippen molar-refractivity contribution in [2.75, 3.05) is 46.2 Å². The fraction of sp³-hybridized carbons (Fsp3) is 0.794. The van der Waals surface area contributed by atoms with E-state index in [9.17, 15) is 43.8 Å². The van der Waals surface area contributed by atoms with E-state index < -0.39 is 46.8 Å². The van der Waals surface area contributed by atoms with Crippen molar-refractivity contribution in [1.82, 2.24) is 26.6 Å². The minimum Gasteiger partial charge on any atom is -0.481 e. The summed E-state index contributed by atoms with van der Waals surface area (Å²) >= 11 is 0. The molecule has 51 heavy (non-hydrogen) atoms. The van der Waals surface area contributed by atoms with Crippen LogP contribution in [0.5, 0.6) is 0 Å². The summed E-state index contributed by atoms with van der Waals surface area (Å²) in [4.78, 5) is 86.2. The molecule has 1 aliphatic rings. The zero-order valence-electron chi connectivity index (χ0n) is 30.8. The molecular formula is C34H60N6O11.